The summed E-state index contributed by atoms with van der Waals surface area (Å²) in [4.78, 5) is 13.6. The van der Waals surface area contributed by atoms with Gasteiger partial charge in [-0.15, -0.1) is 11.3 Å². The molecule has 1 aliphatic carbocycles. The van der Waals surface area contributed by atoms with Crippen molar-refractivity contribution in [2.75, 3.05) is 12.3 Å². The van der Waals surface area contributed by atoms with Gasteiger partial charge in [-0.2, -0.15) is 0 Å². The Labute approximate surface area is 118 Å². The molecule has 0 aliphatic heterocycles. The Morgan fingerprint density at radius 2 is 2.05 bits per heavy atom. The maximum absolute atomic E-state index is 12.0. The number of nitrogens with one attached hydrogen (secondary N) is 1. The first-order valence-electron chi connectivity index (χ1n) is 6.87. The smallest absolute Gasteiger partial charge is 0.261 e. The number of aryl methyl sites for hydroxylation is 1. The predicted octanol–water partition coefficient (Wildman–Crippen LogP) is 2.45. The fourth-order valence-electron chi connectivity index (χ4n) is 2.50. The van der Waals surface area contributed by atoms with Gasteiger partial charge in [-0.05, 0) is 25.8 Å². The zero-order chi connectivity index (χ0) is 13.9. The molecule has 2 rings (SSSR count). The van der Waals surface area contributed by atoms with Gasteiger partial charge < -0.3 is 16.2 Å². The van der Waals surface area contributed by atoms with Crippen molar-refractivity contribution in [1.29, 1.82) is 0 Å². The van der Waals surface area contributed by atoms with E-state index >= 15 is 0 Å². The number of nitrogen functional groups attached to an aromatic ring is 1. The van der Waals surface area contributed by atoms with E-state index in [4.69, 9.17) is 5.73 Å². The lowest BCUT2D eigenvalue weighted by atomic mass is 9.94. The van der Waals surface area contributed by atoms with Gasteiger partial charge in [-0.25, -0.2) is 0 Å². The predicted molar refractivity (Wildman–Crippen MR) is 78.5 cm³/mol. The normalized spacial score (nSPS) is 18.8. The Balaban J connectivity index is 1.92. The second-order valence-corrected chi connectivity index (χ2v) is 6.70. The Morgan fingerprint density at radius 3 is 2.58 bits per heavy atom. The fourth-order valence-corrected chi connectivity index (χ4v) is 3.36. The van der Waals surface area contributed by atoms with Gasteiger partial charge in [0.15, 0.2) is 0 Å². The molecule has 19 heavy (non-hydrogen) atoms. The van der Waals surface area contributed by atoms with Crippen LogP contribution in [0.2, 0.25) is 0 Å². The van der Waals surface area contributed by atoms with Crippen LogP contribution in [0.3, 0.4) is 0 Å². The molecule has 1 saturated carbocycles. The maximum Gasteiger partial charge on any atom is 0.261 e. The minimum atomic E-state index is -0.732. The van der Waals surface area contributed by atoms with Crippen LogP contribution in [0.1, 0.15) is 53.1 Å². The molecule has 0 aromatic carbocycles. The van der Waals surface area contributed by atoms with Gasteiger partial charge in [0.25, 0.3) is 5.91 Å². The molecule has 1 aliphatic rings. The summed E-state index contributed by atoms with van der Waals surface area (Å²) in [6, 6.07) is 1.70. The summed E-state index contributed by atoms with van der Waals surface area (Å²) in [5, 5.41) is 13.3. The molecule has 106 valence electrons. The van der Waals surface area contributed by atoms with Crippen LogP contribution in [0.15, 0.2) is 6.07 Å². The molecule has 1 amide bonds. The van der Waals surface area contributed by atoms with Crippen molar-refractivity contribution < 1.29 is 9.90 Å². The third kappa shape index (κ3) is 3.70. The summed E-state index contributed by atoms with van der Waals surface area (Å²) >= 11 is 1.39. The Kier molecular flexibility index (Phi) is 4.47. The second-order valence-electron chi connectivity index (χ2n) is 5.44. The van der Waals surface area contributed by atoms with Gasteiger partial charge in [-0.3, -0.25) is 4.79 Å². The monoisotopic (exact) mass is 282 g/mol. The number of hydrogen-bond acceptors (Lipinski definition) is 4. The average Bonchev–Trinajstić information content (AvgIpc) is 2.60. The van der Waals surface area contributed by atoms with Crippen LogP contribution in [0.25, 0.3) is 0 Å². The molecule has 0 saturated heterocycles. The van der Waals surface area contributed by atoms with Crippen LogP contribution in [0.4, 0.5) is 5.69 Å². The number of nitrogens with two attached hydrogens (primary N) is 1. The third-order valence-electron chi connectivity index (χ3n) is 3.79. The van der Waals surface area contributed by atoms with Crippen molar-refractivity contribution in [1.82, 2.24) is 5.32 Å². The van der Waals surface area contributed by atoms with Crippen molar-refractivity contribution in [3.63, 3.8) is 0 Å². The molecule has 1 aromatic rings. The average molecular weight is 282 g/mol. The van der Waals surface area contributed by atoms with E-state index in [2.05, 4.69) is 5.32 Å². The molecule has 4 N–H and O–H groups in total. The number of hydrogen-bond donors (Lipinski definition) is 3. The highest BCUT2D eigenvalue weighted by Gasteiger charge is 2.28. The Hall–Kier alpha value is -1.07. The Morgan fingerprint density at radius 1 is 1.42 bits per heavy atom. The molecule has 0 spiro atoms. The third-order valence-corrected chi connectivity index (χ3v) is 4.86. The number of thiophene rings is 1. The summed E-state index contributed by atoms with van der Waals surface area (Å²) in [7, 11) is 0. The molecule has 0 atom stereocenters. The molecular formula is C14H22N2O2S. The molecule has 1 heterocycles. The molecule has 1 fully saturated rings. The van der Waals surface area contributed by atoms with Gasteiger partial charge in [0, 0.05) is 17.1 Å². The van der Waals surface area contributed by atoms with Crippen molar-refractivity contribution >= 4 is 22.9 Å². The Bertz CT molecular complexity index is 429. The van der Waals surface area contributed by atoms with Gasteiger partial charge in [0.2, 0.25) is 0 Å². The van der Waals surface area contributed by atoms with Crippen LogP contribution in [0.5, 0.6) is 0 Å². The van der Waals surface area contributed by atoms with Crippen molar-refractivity contribution in [2.45, 2.75) is 51.0 Å². The second kappa shape index (κ2) is 5.92. The van der Waals surface area contributed by atoms with Gasteiger partial charge in [0.05, 0.1) is 10.5 Å². The lowest BCUT2D eigenvalue weighted by molar-refractivity contribution is 0.0247. The molecule has 5 heteroatoms. The summed E-state index contributed by atoms with van der Waals surface area (Å²) < 4.78 is 0. The highest BCUT2D eigenvalue weighted by atomic mass is 32.1. The van der Waals surface area contributed by atoms with Gasteiger partial charge in [-0.1, -0.05) is 25.7 Å². The fraction of sp³-hybridized carbons (Fsp3) is 0.643. The van der Waals surface area contributed by atoms with Crippen LogP contribution in [0, 0.1) is 6.92 Å². The quantitative estimate of drug-likeness (QED) is 0.745. The number of rotatable bonds is 3. The SMILES string of the molecule is Cc1sc(C(=O)NCC2(O)CCCCCC2)cc1N. The lowest BCUT2D eigenvalue weighted by Gasteiger charge is -2.26. The summed E-state index contributed by atoms with van der Waals surface area (Å²) in [5.74, 6) is -0.137. The number of anilines is 1. The van der Waals surface area contributed by atoms with Crippen LogP contribution in [-0.4, -0.2) is 23.2 Å². The van der Waals surface area contributed by atoms with E-state index in [-0.39, 0.29) is 5.91 Å². The van der Waals surface area contributed by atoms with E-state index in [1.165, 1.54) is 24.2 Å². The topological polar surface area (TPSA) is 75.3 Å². The van der Waals surface area contributed by atoms with E-state index in [9.17, 15) is 9.90 Å². The highest BCUT2D eigenvalue weighted by Crippen LogP contribution is 2.27. The summed E-state index contributed by atoms with van der Waals surface area (Å²) in [6.07, 6.45) is 5.99. The maximum atomic E-state index is 12.0. The standard InChI is InChI=1S/C14H22N2O2S/c1-10-11(15)8-12(19-10)13(17)16-9-14(18)6-4-2-3-5-7-14/h8,18H,2-7,9,15H2,1H3,(H,16,17). The minimum Gasteiger partial charge on any atom is -0.398 e. The number of carbonyl (C=O) groups excluding carboxylic acids is 1. The minimum absolute atomic E-state index is 0.137. The molecule has 1 aromatic heterocycles. The van der Waals surface area contributed by atoms with Crippen molar-refractivity contribution in [3.8, 4) is 0 Å². The van der Waals surface area contributed by atoms with E-state index in [1.807, 2.05) is 6.92 Å². The first-order valence-corrected chi connectivity index (χ1v) is 7.68. The number of aliphatic hydroxyl groups is 1. The largest absolute Gasteiger partial charge is 0.398 e. The first kappa shape index (κ1) is 14.3. The van der Waals surface area contributed by atoms with Crippen LogP contribution in [-0.2, 0) is 0 Å². The van der Waals surface area contributed by atoms with Gasteiger partial charge >= 0.3 is 0 Å². The summed E-state index contributed by atoms with van der Waals surface area (Å²) in [5.41, 5.74) is 5.67. The molecular weight excluding hydrogens is 260 g/mol. The molecule has 0 bridgehead atoms. The van der Waals surface area contributed by atoms with Crippen molar-refractivity contribution in [2.24, 2.45) is 0 Å². The van der Waals surface area contributed by atoms with Crippen molar-refractivity contribution in [3.05, 3.63) is 15.8 Å². The van der Waals surface area contributed by atoms with E-state index < -0.39 is 5.60 Å². The highest BCUT2D eigenvalue weighted by molar-refractivity contribution is 7.14. The van der Waals surface area contributed by atoms with Crippen LogP contribution < -0.4 is 11.1 Å². The van der Waals surface area contributed by atoms with Crippen LogP contribution >= 0.6 is 11.3 Å². The summed E-state index contributed by atoms with van der Waals surface area (Å²) in [6.45, 7) is 2.23. The van der Waals surface area contributed by atoms with Gasteiger partial charge in [0.1, 0.15) is 0 Å². The molecule has 4 nitrogen and oxygen atoms in total. The zero-order valence-corrected chi connectivity index (χ0v) is 12.2. The number of carbonyl (C=O) groups is 1. The molecule has 0 radical (unpaired) electrons. The number of amides is 1. The lowest BCUT2D eigenvalue weighted by Crippen LogP contribution is -2.42. The zero-order valence-electron chi connectivity index (χ0n) is 11.4. The molecule has 0 unspecified atom stereocenters. The van der Waals surface area contributed by atoms with E-state index in [0.717, 1.165) is 30.6 Å². The van der Waals surface area contributed by atoms with E-state index in [0.29, 0.717) is 17.1 Å². The first-order chi connectivity index (χ1) is 9.00. The van der Waals surface area contributed by atoms with E-state index in [1.54, 1.807) is 6.07 Å².